The average molecular weight is 372 g/mol. The van der Waals surface area contributed by atoms with E-state index >= 15 is 0 Å². The van der Waals surface area contributed by atoms with Gasteiger partial charge in [0, 0.05) is 25.7 Å². The van der Waals surface area contributed by atoms with Crippen molar-refractivity contribution in [3.63, 3.8) is 0 Å². The molecule has 0 saturated carbocycles. The summed E-state index contributed by atoms with van der Waals surface area (Å²) in [7, 11) is 1.66. The van der Waals surface area contributed by atoms with E-state index in [4.69, 9.17) is 14.6 Å². The lowest BCUT2D eigenvalue weighted by Gasteiger charge is -2.35. The number of nitrogens with zero attached hydrogens (tertiary/aromatic N) is 2. The fraction of sp³-hybridized carbons (Fsp3) is 0.529. The van der Waals surface area contributed by atoms with Gasteiger partial charge >= 0.3 is 5.97 Å². The molecule has 2 unspecified atom stereocenters. The van der Waals surface area contributed by atoms with Crippen LogP contribution in [0.5, 0.6) is 5.75 Å². The Bertz CT molecular complexity index is 658. The quantitative estimate of drug-likeness (QED) is 0.769. The molecule has 1 saturated heterocycles. The van der Waals surface area contributed by atoms with Crippen LogP contribution in [0, 0.1) is 11.6 Å². The normalized spacial score (nSPS) is 18.7. The second kappa shape index (κ2) is 8.91. The summed E-state index contributed by atoms with van der Waals surface area (Å²) >= 11 is 0. The summed E-state index contributed by atoms with van der Waals surface area (Å²) in [5.41, 5.74) is 0. The van der Waals surface area contributed by atoms with E-state index in [0.717, 1.165) is 12.1 Å². The van der Waals surface area contributed by atoms with Crippen LogP contribution < -0.4 is 4.74 Å². The third-order valence-electron chi connectivity index (χ3n) is 3.92. The Labute approximate surface area is 150 Å². The van der Waals surface area contributed by atoms with E-state index in [1.807, 2.05) is 0 Å². The molecule has 0 radical (unpaired) electrons. The minimum Gasteiger partial charge on any atom is -0.481 e. The lowest BCUT2D eigenvalue weighted by molar-refractivity contribution is -0.147. The highest BCUT2D eigenvalue weighted by atomic mass is 19.2. The van der Waals surface area contributed by atoms with Gasteiger partial charge in [-0.2, -0.15) is 0 Å². The van der Waals surface area contributed by atoms with E-state index in [1.54, 1.807) is 16.8 Å². The van der Waals surface area contributed by atoms with Crippen molar-refractivity contribution in [2.45, 2.75) is 19.1 Å². The number of carboxylic acids is 1. The van der Waals surface area contributed by atoms with E-state index in [0.29, 0.717) is 26.2 Å². The molecule has 0 bridgehead atoms. The molecular formula is C17H22F2N2O5. The Hall–Kier alpha value is -2.26. The van der Waals surface area contributed by atoms with Gasteiger partial charge < -0.3 is 19.5 Å². The molecule has 9 heteroatoms. The fourth-order valence-electron chi connectivity index (χ4n) is 2.73. The van der Waals surface area contributed by atoms with Crippen LogP contribution >= 0.6 is 0 Å². The number of halogens is 2. The molecule has 1 amide bonds. The third kappa shape index (κ3) is 5.63. The summed E-state index contributed by atoms with van der Waals surface area (Å²) in [6.45, 7) is 2.79. The van der Waals surface area contributed by atoms with Gasteiger partial charge in [0.25, 0.3) is 5.91 Å². The fourth-order valence-corrected chi connectivity index (χ4v) is 2.73. The van der Waals surface area contributed by atoms with Crippen LogP contribution in [0.25, 0.3) is 0 Å². The molecule has 144 valence electrons. The number of morpholine rings is 1. The molecule has 1 aromatic rings. The third-order valence-corrected chi connectivity index (χ3v) is 3.92. The van der Waals surface area contributed by atoms with E-state index in [2.05, 4.69) is 0 Å². The van der Waals surface area contributed by atoms with Crippen LogP contribution in [0.15, 0.2) is 18.2 Å². The van der Waals surface area contributed by atoms with Crippen LogP contribution in [0.1, 0.15) is 6.92 Å². The van der Waals surface area contributed by atoms with Crippen LogP contribution in [0.3, 0.4) is 0 Å². The molecule has 0 aliphatic carbocycles. The number of benzene rings is 1. The Morgan fingerprint density at radius 2 is 2.15 bits per heavy atom. The number of rotatable bonds is 7. The molecular weight excluding hydrogens is 350 g/mol. The maximum atomic E-state index is 13.2. The second-order valence-electron chi connectivity index (χ2n) is 6.20. The van der Waals surface area contributed by atoms with Crippen molar-refractivity contribution in [1.29, 1.82) is 0 Å². The van der Waals surface area contributed by atoms with Gasteiger partial charge in [-0.05, 0) is 26.1 Å². The summed E-state index contributed by atoms with van der Waals surface area (Å²) in [6.07, 6.45) is -1.19. The summed E-state index contributed by atoms with van der Waals surface area (Å²) in [4.78, 5) is 26.4. The summed E-state index contributed by atoms with van der Waals surface area (Å²) in [6, 6.07) is 3.08. The number of aliphatic carboxylic acids is 1. The number of carbonyl (C=O) groups is 2. The molecule has 1 fully saturated rings. The van der Waals surface area contributed by atoms with Crippen molar-refractivity contribution in [1.82, 2.24) is 9.80 Å². The number of hydrogen-bond donors (Lipinski definition) is 1. The van der Waals surface area contributed by atoms with Crippen molar-refractivity contribution in [2.75, 3.05) is 39.8 Å². The Morgan fingerprint density at radius 3 is 2.81 bits per heavy atom. The first-order valence-electron chi connectivity index (χ1n) is 8.18. The van der Waals surface area contributed by atoms with Gasteiger partial charge in [-0.25, -0.2) is 8.78 Å². The van der Waals surface area contributed by atoms with E-state index in [1.165, 1.54) is 13.0 Å². The standard InChI is InChI=1S/C17H22F2N2O5/c1-11(26-12-3-4-14(18)15(19)7-12)17(24)21-5-6-25-13(9-21)8-20(2)10-16(22)23/h3-4,7,11,13H,5-6,8-10H2,1-2H3,(H,22,23). The molecule has 1 aliphatic rings. The second-order valence-corrected chi connectivity index (χ2v) is 6.20. The number of ether oxygens (including phenoxy) is 2. The number of carboxylic acid groups (broad SMARTS) is 1. The maximum Gasteiger partial charge on any atom is 0.317 e. The van der Waals surface area contributed by atoms with Crippen molar-refractivity contribution < 1.29 is 33.0 Å². The molecule has 2 atom stereocenters. The smallest absolute Gasteiger partial charge is 0.317 e. The van der Waals surface area contributed by atoms with Crippen molar-refractivity contribution >= 4 is 11.9 Å². The predicted octanol–water partition coefficient (Wildman–Crippen LogP) is 0.976. The molecule has 26 heavy (non-hydrogen) atoms. The highest BCUT2D eigenvalue weighted by Gasteiger charge is 2.29. The highest BCUT2D eigenvalue weighted by molar-refractivity contribution is 5.81. The highest BCUT2D eigenvalue weighted by Crippen LogP contribution is 2.18. The Kier molecular flexibility index (Phi) is 6.87. The monoisotopic (exact) mass is 372 g/mol. The van der Waals surface area contributed by atoms with Crippen LogP contribution in [-0.4, -0.2) is 78.8 Å². The van der Waals surface area contributed by atoms with E-state index < -0.39 is 23.7 Å². The largest absolute Gasteiger partial charge is 0.481 e. The molecule has 1 aromatic carbocycles. The van der Waals surface area contributed by atoms with E-state index in [9.17, 15) is 18.4 Å². The topological polar surface area (TPSA) is 79.3 Å². The minimum atomic E-state index is -1.05. The molecule has 1 aliphatic heterocycles. The molecule has 1 heterocycles. The van der Waals surface area contributed by atoms with Gasteiger partial charge in [0.15, 0.2) is 17.7 Å². The van der Waals surface area contributed by atoms with Gasteiger partial charge in [0.1, 0.15) is 5.75 Å². The molecule has 2 rings (SSSR count). The lowest BCUT2D eigenvalue weighted by Crippen LogP contribution is -2.52. The van der Waals surface area contributed by atoms with Gasteiger partial charge in [-0.3, -0.25) is 14.5 Å². The van der Waals surface area contributed by atoms with Crippen molar-refractivity contribution in [3.05, 3.63) is 29.8 Å². The average Bonchev–Trinajstić information content (AvgIpc) is 2.57. The summed E-state index contributed by atoms with van der Waals surface area (Å²) < 4.78 is 37.2. The number of hydrogen-bond acceptors (Lipinski definition) is 5. The van der Waals surface area contributed by atoms with Crippen LogP contribution in [0.2, 0.25) is 0 Å². The van der Waals surface area contributed by atoms with Crippen molar-refractivity contribution in [2.24, 2.45) is 0 Å². The zero-order valence-electron chi connectivity index (χ0n) is 14.7. The van der Waals surface area contributed by atoms with Crippen LogP contribution in [-0.2, 0) is 14.3 Å². The SMILES string of the molecule is CC(Oc1ccc(F)c(F)c1)C(=O)N1CCOC(CN(C)CC(=O)O)C1. The predicted molar refractivity (Wildman–Crippen MR) is 87.9 cm³/mol. The van der Waals surface area contributed by atoms with Gasteiger partial charge in [-0.1, -0.05) is 0 Å². The lowest BCUT2D eigenvalue weighted by atomic mass is 10.2. The molecule has 7 nitrogen and oxygen atoms in total. The first kappa shape index (κ1) is 20.1. The Morgan fingerprint density at radius 1 is 1.42 bits per heavy atom. The molecule has 1 N–H and O–H groups in total. The van der Waals surface area contributed by atoms with Gasteiger partial charge in [0.05, 0.1) is 19.3 Å². The van der Waals surface area contributed by atoms with Crippen LogP contribution in [0.4, 0.5) is 8.78 Å². The van der Waals surface area contributed by atoms with Gasteiger partial charge in [-0.15, -0.1) is 0 Å². The summed E-state index contributed by atoms with van der Waals surface area (Å²) in [5, 5.41) is 8.79. The summed E-state index contributed by atoms with van der Waals surface area (Å²) in [5.74, 6) is -3.21. The number of carbonyl (C=O) groups excluding carboxylic acids is 1. The minimum absolute atomic E-state index is 0.0655. The number of likely N-dealkylation sites (N-methyl/N-ethyl adjacent to an activating group) is 1. The molecule has 0 spiro atoms. The molecule has 0 aromatic heterocycles. The first-order valence-corrected chi connectivity index (χ1v) is 8.18. The number of amides is 1. The van der Waals surface area contributed by atoms with Crippen molar-refractivity contribution in [3.8, 4) is 5.75 Å². The van der Waals surface area contributed by atoms with E-state index in [-0.39, 0.29) is 24.3 Å². The van der Waals surface area contributed by atoms with Gasteiger partial charge in [0.2, 0.25) is 0 Å². The first-order chi connectivity index (χ1) is 12.3. The maximum absolute atomic E-state index is 13.2. The zero-order chi connectivity index (χ0) is 19.3. The zero-order valence-corrected chi connectivity index (χ0v) is 14.7. The Balaban J connectivity index is 1.90.